The molecule has 0 spiro atoms. The minimum atomic E-state index is -0.706. The zero-order chi connectivity index (χ0) is 14.3. The topological polar surface area (TPSA) is 60.0 Å². The smallest absolute Gasteiger partial charge is 0.179 e. The quantitative estimate of drug-likeness (QED) is 0.759. The minimum Gasteiger partial charge on any atom is -0.493 e. The van der Waals surface area contributed by atoms with Crippen molar-refractivity contribution in [3.05, 3.63) is 22.7 Å². The summed E-state index contributed by atoms with van der Waals surface area (Å²) >= 11 is 6.16. The van der Waals surface area contributed by atoms with Crippen LogP contribution in [0.2, 0.25) is 5.02 Å². The van der Waals surface area contributed by atoms with E-state index in [4.69, 9.17) is 25.8 Å². The summed E-state index contributed by atoms with van der Waals surface area (Å²) in [6, 6.07) is 3.65. The molecule has 0 heterocycles. The van der Waals surface area contributed by atoms with Gasteiger partial charge in [0.15, 0.2) is 11.5 Å². The summed E-state index contributed by atoms with van der Waals surface area (Å²) < 4.78 is 15.6. The van der Waals surface area contributed by atoms with Crippen molar-refractivity contribution in [1.82, 2.24) is 5.32 Å². The molecule has 0 amide bonds. The second-order valence-electron chi connectivity index (χ2n) is 4.06. The van der Waals surface area contributed by atoms with E-state index < -0.39 is 6.10 Å². The molecule has 6 heteroatoms. The molecule has 0 aliphatic carbocycles. The molecule has 1 aromatic rings. The Morgan fingerprint density at radius 1 is 1.32 bits per heavy atom. The van der Waals surface area contributed by atoms with Crippen molar-refractivity contribution in [2.75, 3.05) is 34.5 Å². The Labute approximate surface area is 118 Å². The summed E-state index contributed by atoms with van der Waals surface area (Å²) in [5, 5.41) is 13.1. The Kier molecular flexibility index (Phi) is 6.94. The first-order valence-electron chi connectivity index (χ1n) is 5.93. The lowest BCUT2D eigenvalue weighted by atomic mass is 10.2. The Morgan fingerprint density at radius 3 is 2.63 bits per heavy atom. The second-order valence-corrected chi connectivity index (χ2v) is 4.47. The van der Waals surface area contributed by atoms with E-state index in [9.17, 15) is 5.11 Å². The fourth-order valence-corrected chi connectivity index (χ4v) is 1.93. The van der Waals surface area contributed by atoms with Crippen LogP contribution in [-0.2, 0) is 11.3 Å². The third-order valence-corrected chi connectivity index (χ3v) is 2.73. The van der Waals surface area contributed by atoms with Crippen LogP contribution < -0.4 is 14.8 Å². The van der Waals surface area contributed by atoms with Crippen LogP contribution in [0.25, 0.3) is 0 Å². The van der Waals surface area contributed by atoms with Crippen molar-refractivity contribution in [1.29, 1.82) is 0 Å². The van der Waals surface area contributed by atoms with Crippen LogP contribution in [0.4, 0.5) is 0 Å². The Balaban J connectivity index is 2.81. The summed E-state index contributed by atoms with van der Waals surface area (Å²) in [5.41, 5.74) is 0.995. The summed E-state index contributed by atoms with van der Waals surface area (Å²) in [6.45, 7) is 0.982. The molecule has 0 saturated heterocycles. The lowest BCUT2D eigenvalue weighted by Crippen LogP contribution is -2.22. The fraction of sp³-hybridized carbons (Fsp3) is 0.538. The second kappa shape index (κ2) is 8.22. The van der Waals surface area contributed by atoms with Crippen molar-refractivity contribution in [3.8, 4) is 11.5 Å². The van der Waals surface area contributed by atoms with E-state index in [0.717, 1.165) is 5.56 Å². The van der Waals surface area contributed by atoms with E-state index >= 15 is 0 Å². The number of aliphatic hydroxyl groups is 1. The SMILES string of the molecule is CNCc1cc(Cl)c(OCC(O)COC)c(OC)c1. The van der Waals surface area contributed by atoms with Gasteiger partial charge in [-0.25, -0.2) is 0 Å². The van der Waals surface area contributed by atoms with Gasteiger partial charge in [-0.15, -0.1) is 0 Å². The first-order chi connectivity index (χ1) is 9.12. The van der Waals surface area contributed by atoms with Gasteiger partial charge in [0.2, 0.25) is 0 Å². The summed E-state index contributed by atoms with van der Waals surface area (Å²) in [5.74, 6) is 0.974. The van der Waals surface area contributed by atoms with Gasteiger partial charge in [-0.2, -0.15) is 0 Å². The number of halogens is 1. The van der Waals surface area contributed by atoms with Crippen molar-refractivity contribution in [3.63, 3.8) is 0 Å². The van der Waals surface area contributed by atoms with Crippen LogP contribution >= 0.6 is 11.6 Å². The number of ether oxygens (including phenoxy) is 3. The molecule has 19 heavy (non-hydrogen) atoms. The zero-order valence-corrected chi connectivity index (χ0v) is 12.2. The molecule has 0 aliphatic heterocycles. The molecule has 108 valence electrons. The van der Waals surface area contributed by atoms with Gasteiger partial charge in [0.25, 0.3) is 0 Å². The van der Waals surface area contributed by atoms with Gasteiger partial charge >= 0.3 is 0 Å². The monoisotopic (exact) mass is 289 g/mol. The van der Waals surface area contributed by atoms with Crippen LogP contribution in [0.1, 0.15) is 5.56 Å². The first-order valence-corrected chi connectivity index (χ1v) is 6.31. The van der Waals surface area contributed by atoms with E-state index in [1.54, 1.807) is 13.2 Å². The average molecular weight is 290 g/mol. The Hall–Kier alpha value is -1.01. The lowest BCUT2D eigenvalue weighted by Gasteiger charge is -2.16. The lowest BCUT2D eigenvalue weighted by molar-refractivity contribution is 0.0319. The fourth-order valence-electron chi connectivity index (χ4n) is 1.64. The van der Waals surface area contributed by atoms with Gasteiger partial charge in [-0.3, -0.25) is 0 Å². The average Bonchev–Trinajstić information content (AvgIpc) is 2.37. The number of hydrogen-bond donors (Lipinski definition) is 2. The minimum absolute atomic E-state index is 0.0926. The maximum Gasteiger partial charge on any atom is 0.179 e. The Morgan fingerprint density at radius 2 is 2.05 bits per heavy atom. The predicted octanol–water partition coefficient (Wildman–Crippen LogP) is 1.45. The zero-order valence-electron chi connectivity index (χ0n) is 11.4. The standard InChI is InChI=1S/C13H20ClNO4/c1-15-6-9-4-11(14)13(12(5-9)18-3)19-8-10(16)7-17-2/h4-5,10,15-16H,6-8H2,1-3H3. The van der Waals surface area contributed by atoms with Gasteiger partial charge < -0.3 is 24.6 Å². The van der Waals surface area contributed by atoms with Gasteiger partial charge in [0.05, 0.1) is 18.7 Å². The molecule has 0 fully saturated rings. The predicted molar refractivity (Wildman–Crippen MR) is 74.1 cm³/mol. The molecule has 1 aromatic carbocycles. The van der Waals surface area contributed by atoms with Gasteiger partial charge in [0.1, 0.15) is 12.7 Å². The molecule has 5 nitrogen and oxygen atoms in total. The van der Waals surface area contributed by atoms with Crippen molar-refractivity contribution in [2.24, 2.45) is 0 Å². The van der Waals surface area contributed by atoms with Crippen molar-refractivity contribution < 1.29 is 19.3 Å². The Bertz CT molecular complexity index is 400. The van der Waals surface area contributed by atoms with E-state index in [0.29, 0.717) is 23.1 Å². The largest absolute Gasteiger partial charge is 0.493 e. The van der Waals surface area contributed by atoms with Crippen LogP contribution in [0.15, 0.2) is 12.1 Å². The summed E-state index contributed by atoms with van der Waals surface area (Å²) in [6.07, 6.45) is -0.706. The van der Waals surface area contributed by atoms with Crippen molar-refractivity contribution in [2.45, 2.75) is 12.6 Å². The first kappa shape index (κ1) is 16.0. The van der Waals surface area contributed by atoms with Crippen LogP contribution in [0, 0.1) is 0 Å². The van der Waals surface area contributed by atoms with Gasteiger partial charge in [-0.05, 0) is 24.7 Å². The third kappa shape index (κ3) is 4.87. The summed E-state index contributed by atoms with van der Waals surface area (Å²) in [4.78, 5) is 0. The maximum atomic E-state index is 9.56. The number of nitrogens with one attached hydrogen (secondary N) is 1. The van der Waals surface area contributed by atoms with Crippen LogP contribution in [0.3, 0.4) is 0 Å². The number of methoxy groups -OCH3 is 2. The molecule has 1 rings (SSSR count). The molecule has 0 aromatic heterocycles. The van der Waals surface area contributed by atoms with Crippen LogP contribution in [0.5, 0.6) is 11.5 Å². The van der Waals surface area contributed by atoms with Gasteiger partial charge in [0, 0.05) is 13.7 Å². The molecule has 0 aliphatic rings. The van der Waals surface area contributed by atoms with E-state index in [1.165, 1.54) is 7.11 Å². The van der Waals surface area contributed by atoms with Crippen molar-refractivity contribution >= 4 is 11.6 Å². The molecule has 0 saturated carbocycles. The van der Waals surface area contributed by atoms with E-state index in [2.05, 4.69) is 5.32 Å². The number of benzene rings is 1. The normalized spacial score (nSPS) is 12.3. The molecule has 0 radical (unpaired) electrons. The maximum absolute atomic E-state index is 9.56. The highest BCUT2D eigenvalue weighted by atomic mass is 35.5. The number of aliphatic hydroxyl groups excluding tert-OH is 1. The number of rotatable bonds is 8. The molecular weight excluding hydrogens is 270 g/mol. The number of hydrogen-bond acceptors (Lipinski definition) is 5. The van der Waals surface area contributed by atoms with Gasteiger partial charge in [-0.1, -0.05) is 11.6 Å². The molecular formula is C13H20ClNO4. The van der Waals surface area contributed by atoms with E-state index in [-0.39, 0.29) is 13.2 Å². The molecule has 0 bridgehead atoms. The molecule has 2 N–H and O–H groups in total. The highest BCUT2D eigenvalue weighted by Gasteiger charge is 2.14. The highest BCUT2D eigenvalue weighted by Crippen LogP contribution is 2.36. The highest BCUT2D eigenvalue weighted by molar-refractivity contribution is 6.32. The van der Waals surface area contributed by atoms with E-state index in [1.807, 2.05) is 13.1 Å². The molecule has 1 unspecified atom stereocenters. The van der Waals surface area contributed by atoms with Crippen LogP contribution in [-0.4, -0.2) is 45.7 Å². The summed E-state index contributed by atoms with van der Waals surface area (Å²) in [7, 11) is 4.92. The third-order valence-electron chi connectivity index (χ3n) is 2.45. The molecule has 1 atom stereocenters.